The molecular weight excluding hydrogens is 452 g/mol. The Labute approximate surface area is 184 Å². The number of nitrogens with one attached hydrogen (secondary N) is 1. The summed E-state index contributed by atoms with van der Waals surface area (Å²) in [5, 5.41) is 13.1. The van der Waals surface area contributed by atoms with Crippen molar-refractivity contribution in [1.29, 1.82) is 0 Å². The minimum atomic E-state index is -3.81. The number of β-amino-alcohol motifs (C(OH)–C–C–N with tert-alkyl or cyclic N) is 1. The zero-order valence-electron chi connectivity index (χ0n) is 15.8. The third-order valence-corrected chi connectivity index (χ3v) is 5.30. The van der Waals surface area contributed by atoms with Gasteiger partial charge >= 0.3 is 5.57 Å². The first kappa shape index (κ1) is 21.3. The fourth-order valence-corrected chi connectivity index (χ4v) is 3.79. The van der Waals surface area contributed by atoms with E-state index in [1.807, 2.05) is 4.90 Å². The largest absolute Gasteiger partial charge is 0.487 e. The van der Waals surface area contributed by atoms with Crippen molar-refractivity contribution in [2.24, 2.45) is 0 Å². The molecule has 1 saturated heterocycles. The second kappa shape index (κ2) is 8.69. The van der Waals surface area contributed by atoms with Crippen molar-refractivity contribution in [2.75, 3.05) is 23.3 Å². The number of rotatable bonds is 6. The van der Waals surface area contributed by atoms with E-state index in [1.165, 1.54) is 48.3 Å². The van der Waals surface area contributed by atoms with Gasteiger partial charge in [-0.05, 0) is 48.3 Å². The molecule has 3 heterocycles. The quantitative estimate of drug-likeness (QED) is 0.534. The monoisotopic (exact) mass is 467 g/mol. The van der Waals surface area contributed by atoms with Crippen molar-refractivity contribution in [2.45, 2.75) is 18.1 Å². The molecule has 1 aliphatic rings. The number of alkyl halides is 3. The maximum atomic E-state index is 12.7. The lowest BCUT2D eigenvalue weighted by Crippen LogP contribution is -2.23. The molecule has 2 N–H and O–H groups in total. The van der Waals surface area contributed by atoms with Gasteiger partial charge in [-0.25, -0.2) is 9.97 Å². The van der Waals surface area contributed by atoms with Gasteiger partial charge in [0.1, 0.15) is 22.9 Å². The topological polar surface area (TPSA) is 100 Å². The van der Waals surface area contributed by atoms with Crippen molar-refractivity contribution in [3.63, 3.8) is 0 Å². The van der Waals surface area contributed by atoms with E-state index >= 15 is 0 Å². The maximum absolute atomic E-state index is 12.7. The number of anilines is 2. The van der Waals surface area contributed by atoms with Crippen LogP contribution in [0, 0.1) is 0 Å². The molecule has 0 aliphatic carbocycles. The fraction of sp³-hybridized carbons (Fsp3) is 0.263. The number of carbonyl (C=O) groups is 1. The van der Waals surface area contributed by atoms with Crippen molar-refractivity contribution in [3.05, 3.63) is 48.4 Å². The van der Waals surface area contributed by atoms with Gasteiger partial charge in [0.2, 0.25) is 0 Å². The molecule has 0 spiro atoms. The van der Waals surface area contributed by atoms with Crippen LogP contribution in [0.25, 0.3) is 10.6 Å². The Morgan fingerprint density at radius 1 is 1.32 bits per heavy atom. The predicted octanol–water partition coefficient (Wildman–Crippen LogP) is 3.59. The van der Waals surface area contributed by atoms with E-state index in [0.29, 0.717) is 41.6 Å². The molecular formula is C19H16ClF2N5O3S. The molecule has 2 aromatic heterocycles. The molecule has 31 heavy (non-hydrogen) atoms. The number of aliphatic hydroxyl groups excluding tert-OH is 1. The summed E-state index contributed by atoms with van der Waals surface area (Å²) in [5.41, 5.74) is -2.52. The molecule has 0 unspecified atom stereocenters. The highest BCUT2D eigenvalue weighted by Gasteiger charge is 2.28. The van der Waals surface area contributed by atoms with Gasteiger partial charge in [-0.2, -0.15) is 4.37 Å². The van der Waals surface area contributed by atoms with Crippen LogP contribution < -0.4 is 15.0 Å². The number of aromatic nitrogens is 3. The second-order valence-corrected chi connectivity index (χ2v) is 7.98. The predicted molar refractivity (Wildman–Crippen MR) is 112 cm³/mol. The number of ether oxygens (including phenoxy) is 1. The second-order valence-electron chi connectivity index (χ2n) is 6.76. The molecule has 0 saturated carbocycles. The van der Waals surface area contributed by atoms with Crippen LogP contribution in [0.3, 0.4) is 0 Å². The van der Waals surface area contributed by atoms with Crippen LogP contribution in [0.5, 0.6) is 5.75 Å². The lowest BCUT2D eigenvalue weighted by molar-refractivity contribution is -0.0964. The Bertz CT molecular complexity index is 1060. The number of aliphatic hydroxyl groups is 1. The summed E-state index contributed by atoms with van der Waals surface area (Å²) in [5.74, 6) is 0.0337. The standard InChI is InChI=1S/C19H16ClF2N5O3S/c20-19(21,22)30-14-3-1-12(2-4-14)26-17(29)11-7-15(18-24-10-25-31-18)16(23-8-11)27-6-5-13(28)9-27/h1-4,7-8,10,13,28H,5-6,9H2,(H,26,29)/t13-/m1/s1. The van der Waals surface area contributed by atoms with Crippen LogP contribution in [0.2, 0.25) is 0 Å². The molecule has 1 aliphatic heterocycles. The molecule has 0 radical (unpaired) electrons. The number of pyridine rings is 1. The summed E-state index contributed by atoms with van der Waals surface area (Å²) in [4.78, 5) is 23.3. The van der Waals surface area contributed by atoms with E-state index < -0.39 is 17.6 Å². The van der Waals surface area contributed by atoms with Gasteiger partial charge in [-0.3, -0.25) is 4.79 Å². The molecule has 1 fully saturated rings. The number of carbonyl (C=O) groups excluding carboxylic acids is 1. The Morgan fingerprint density at radius 2 is 2.10 bits per heavy atom. The number of nitrogens with zero attached hydrogens (tertiary/aromatic N) is 4. The smallest absolute Gasteiger partial charge is 0.420 e. The highest BCUT2D eigenvalue weighted by Crippen LogP contribution is 2.33. The number of halogens is 3. The summed E-state index contributed by atoms with van der Waals surface area (Å²) >= 11 is 5.91. The minimum Gasteiger partial charge on any atom is -0.420 e. The lowest BCUT2D eigenvalue weighted by atomic mass is 10.1. The molecule has 4 rings (SSSR count). The number of hydrogen-bond acceptors (Lipinski definition) is 8. The normalized spacial score (nSPS) is 16.4. The van der Waals surface area contributed by atoms with Crippen LogP contribution in [-0.4, -0.2) is 50.1 Å². The maximum Gasteiger partial charge on any atom is 0.487 e. The third-order valence-electron chi connectivity index (χ3n) is 4.53. The van der Waals surface area contributed by atoms with Gasteiger partial charge in [-0.15, -0.1) is 8.78 Å². The first-order valence-corrected chi connectivity index (χ1v) is 10.3. The molecule has 162 valence electrons. The molecule has 3 aromatic rings. The van der Waals surface area contributed by atoms with Crippen molar-refractivity contribution >= 4 is 40.5 Å². The Hall–Kier alpha value is -2.89. The number of amides is 1. The van der Waals surface area contributed by atoms with Gasteiger partial charge in [0, 0.05) is 36.6 Å². The SMILES string of the molecule is O=C(Nc1ccc(OC(F)(F)Cl)cc1)c1cnc(N2CC[C@@H](O)C2)c(-c2ncns2)c1. The van der Waals surface area contributed by atoms with Gasteiger partial charge in [0.15, 0.2) is 0 Å². The summed E-state index contributed by atoms with van der Waals surface area (Å²) < 4.78 is 33.7. The summed E-state index contributed by atoms with van der Waals surface area (Å²) in [6, 6.07) is 7.01. The van der Waals surface area contributed by atoms with Crippen LogP contribution in [-0.2, 0) is 0 Å². The highest BCUT2D eigenvalue weighted by molar-refractivity contribution is 7.09. The third kappa shape index (κ3) is 5.24. The Kier molecular flexibility index (Phi) is 5.99. The molecule has 1 amide bonds. The summed E-state index contributed by atoms with van der Waals surface area (Å²) in [6.45, 7) is 1.08. The number of benzene rings is 1. The van der Waals surface area contributed by atoms with Crippen molar-refractivity contribution < 1.29 is 23.4 Å². The lowest BCUT2D eigenvalue weighted by Gasteiger charge is -2.19. The fourth-order valence-electron chi connectivity index (χ4n) is 3.16. The van der Waals surface area contributed by atoms with E-state index in [2.05, 4.69) is 24.4 Å². The molecule has 12 heteroatoms. The van der Waals surface area contributed by atoms with Gasteiger partial charge in [0.05, 0.1) is 17.2 Å². The zero-order valence-corrected chi connectivity index (χ0v) is 17.4. The van der Waals surface area contributed by atoms with E-state index in [0.717, 1.165) is 0 Å². The number of hydrogen-bond donors (Lipinski definition) is 2. The summed E-state index contributed by atoms with van der Waals surface area (Å²) in [6.07, 6.45) is 3.06. The first-order chi connectivity index (χ1) is 14.8. The Morgan fingerprint density at radius 3 is 2.71 bits per heavy atom. The average Bonchev–Trinajstić information content (AvgIpc) is 3.40. The van der Waals surface area contributed by atoms with Gasteiger partial charge in [0.25, 0.3) is 5.91 Å². The highest BCUT2D eigenvalue weighted by atomic mass is 35.5. The van der Waals surface area contributed by atoms with Gasteiger partial charge in [-0.1, -0.05) is 0 Å². The first-order valence-electron chi connectivity index (χ1n) is 9.16. The van der Waals surface area contributed by atoms with E-state index in [1.54, 1.807) is 6.07 Å². The van der Waals surface area contributed by atoms with Crippen LogP contribution in [0.15, 0.2) is 42.9 Å². The average molecular weight is 468 g/mol. The van der Waals surface area contributed by atoms with E-state index in [9.17, 15) is 18.7 Å². The Balaban J connectivity index is 1.55. The van der Waals surface area contributed by atoms with Crippen LogP contribution >= 0.6 is 23.1 Å². The zero-order chi connectivity index (χ0) is 22.0. The molecule has 1 aromatic carbocycles. The van der Waals surface area contributed by atoms with Crippen molar-refractivity contribution in [1.82, 2.24) is 14.3 Å². The molecule has 0 bridgehead atoms. The van der Waals surface area contributed by atoms with Crippen LogP contribution in [0.1, 0.15) is 16.8 Å². The van der Waals surface area contributed by atoms with Gasteiger partial charge < -0.3 is 20.1 Å². The molecule has 8 nitrogen and oxygen atoms in total. The molecule has 1 atom stereocenters. The van der Waals surface area contributed by atoms with Crippen molar-refractivity contribution in [3.8, 4) is 16.3 Å². The minimum absolute atomic E-state index is 0.143. The summed E-state index contributed by atoms with van der Waals surface area (Å²) in [7, 11) is 0. The van der Waals surface area contributed by atoms with E-state index in [4.69, 9.17) is 11.6 Å². The van der Waals surface area contributed by atoms with E-state index in [-0.39, 0.29) is 11.3 Å². The van der Waals surface area contributed by atoms with Crippen LogP contribution in [0.4, 0.5) is 20.3 Å².